The number of nitrogen functional groups attached to an aromatic ring is 1. The molecule has 0 unspecified atom stereocenters. The van der Waals surface area contributed by atoms with Gasteiger partial charge in [0.2, 0.25) is 0 Å². The van der Waals surface area contributed by atoms with Gasteiger partial charge in [0.25, 0.3) is 0 Å². The molecule has 4 nitrogen and oxygen atoms in total. The summed E-state index contributed by atoms with van der Waals surface area (Å²) < 4.78 is 0. The van der Waals surface area contributed by atoms with Crippen LogP contribution in [-0.4, -0.2) is 42.6 Å². The third-order valence-electron chi connectivity index (χ3n) is 5.62. The lowest BCUT2D eigenvalue weighted by Gasteiger charge is -2.36. The molecule has 7 heteroatoms. The number of aryl methyl sites for hydroxylation is 1. The van der Waals surface area contributed by atoms with Gasteiger partial charge in [0, 0.05) is 31.6 Å². The van der Waals surface area contributed by atoms with E-state index in [0.29, 0.717) is 10.0 Å². The predicted molar refractivity (Wildman–Crippen MR) is 131 cm³/mol. The summed E-state index contributed by atoms with van der Waals surface area (Å²) in [7, 11) is 0. The Morgan fingerprint density at radius 1 is 0.933 bits per heavy atom. The fourth-order valence-corrected chi connectivity index (χ4v) is 4.36. The zero-order valence-corrected chi connectivity index (χ0v) is 19.2. The third-order valence-corrected chi connectivity index (χ3v) is 6.43. The number of hydrogen-bond donors (Lipinski definition) is 1. The van der Waals surface area contributed by atoms with Crippen molar-refractivity contribution in [3.63, 3.8) is 0 Å². The van der Waals surface area contributed by atoms with Crippen molar-refractivity contribution in [2.24, 2.45) is 0 Å². The lowest BCUT2D eigenvalue weighted by molar-refractivity contribution is 0.253. The van der Waals surface area contributed by atoms with Crippen LogP contribution in [0.3, 0.4) is 0 Å². The minimum atomic E-state index is 0. The molecule has 1 fully saturated rings. The highest BCUT2D eigenvalue weighted by molar-refractivity contribution is 6.43. The number of anilines is 2. The van der Waals surface area contributed by atoms with Gasteiger partial charge in [0.1, 0.15) is 0 Å². The molecule has 2 heterocycles. The first-order valence-electron chi connectivity index (χ1n) is 10.2. The van der Waals surface area contributed by atoms with Gasteiger partial charge in [0.05, 0.1) is 32.6 Å². The number of para-hydroxylation sites is 1. The molecule has 0 atom stereocenters. The van der Waals surface area contributed by atoms with Crippen LogP contribution >= 0.6 is 35.6 Å². The summed E-state index contributed by atoms with van der Waals surface area (Å²) in [6.45, 7) is 5.13. The number of piperazine rings is 1. The summed E-state index contributed by atoms with van der Waals surface area (Å²) in [5.41, 5.74) is 10.1. The monoisotopic (exact) mass is 464 g/mol. The van der Waals surface area contributed by atoms with Crippen molar-refractivity contribution in [2.45, 2.75) is 19.3 Å². The molecule has 4 rings (SSSR count). The fourth-order valence-electron chi connectivity index (χ4n) is 3.95. The third kappa shape index (κ3) is 5.30. The number of rotatable bonds is 6. The molecule has 0 amide bonds. The van der Waals surface area contributed by atoms with Crippen molar-refractivity contribution in [3.8, 4) is 0 Å². The first-order valence-corrected chi connectivity index (χ1v) is 10.9. The maximum atomic E-state index is 6.37. The van der Waals surface area contributed by atoms with Crippen LogP contribution in [0.25, 0.3) is 10.9 Å². The average molecular weight is 466 g/mol. The number of halogens is 3. The number of nitrogens with zero attached hydrogens (tertiary/aromatic N) is 3. The minimum Gasteiger partial charge on any atom is -0.397 e. The Labute approximate surface area is 194 Å². The highest BCUT2D eigenvalue weighted by Gasteiger charge is 2.19. The summed E-state index contributed by atoms with van der Waals surface area (Å²) in [5.74, 6) is 0. The number of unbranched alkanes of at least 4 members (excludes halogenated alkanes) is 1. The molecule has 0 radical (unpaired) electrons. The van der Waals surface area contributed by atoms with E-state index < -0.39 is 0 Å². The van der Waals surface area contributed by atoms with Crippen molar-refractivity contribution in [1.82, 2.24) is 9.88 Å². The Hall–Kier alpha value is -1.72. The smallest absolute Gasteiger partial charge is 0.0825 e. The van der Waals surface area contributed by atoms with Crippen LogP contribution in [0.4, 0.5) is 11.4 Å². The Morgan fingerprint density at radius 2 is 1.70 bits per heavy atom. The highest BCUT2D eigenvalue weighted by Crippen LogP contribution is 2.32. The van der Waals surface area contributed by atoms with Crippen LogP contribution in [0.2, 0.25) is 10.0 Å². The Morgan fingerprint density at radius 3 is 2.50 bits per heavy atom. The van der Waals surface area contributed by atoms with Gasteiger partial charge < -0.3 is 10.6 Å². The first kappa shape index (κ1) is 23.0. The van der Waals surface area contributed by atoms with Crippen LogP contribution in [0, 0.1) is 0 Å². The number of nitrogens with two attached hydrogens (primary N) is 1. The van der Waals surface area contributed by atoms with E-state index in [9.17, 15) is 0 Å². The minimum absolute atomic E-state index is 0. The molecular weight excluding hydrogens is 439 g/mol. The van der Waals surface area contributed by atoms with Crippen molar-refractivity contribution in [1.29, 1.82) is 0 Å². The maximum absolute atomic E-state index is 6.37. The van der Waals surface area contributed by atoms with Crippen molar-refractivity contribution in [3.05, 3.63) is 64.3 Å². The van der Waals surface area contributed by atoms with E-state index in [4.69, 9.17) is 33.9 Å². The van der Waals surface area contributed by atoms with E-state index in [0.717, 1.165) is 80.0 Å². The van der Waals surface area contributed by atoms with E-state index in [1.54, 1.807) is 0 Å². The van der Waals surface area contributed by atoms with Crippen molar-refractivity contribution >= 4 is 57.9 Å². The summed E-state index contributed by atoms with van der Waals surface area (Å²) in [6.07, 6.45) is 3.16. The molecule has 2 N–H and O–H groups in total. The standard InChI is InChI=1S/C23H26Cl2N4.ClH/c24-18-7-5-10-22(23(18)25)29-14-12-28(13-15-29)11-4-3-9-21-19(26)16-17-6-1-2-8-20(17)27-21;/h1-2,5-8,10,16H,3-4,9,11-15,26H2;1H. The highest BCUT2D eigenvalue weighted by atomic mass is 35.5. The van der Waals surface area contributed by atoms with E-state index in [1.807, 2.05) is 42.5 Å². The lowest BCUT2D eigenvalue weighted by atomic mass is 10.1. The van der Waals surface area contributed by atoms with E-state index in [1.165, 1.54) is 0 Å². The molecule has 160 valence electrons. The Kier molecular flexibility index (Phi) is 8.06. The summed E-state index contributed by atoms with van der Waals surface area (Å²) >= 11 is 12.5. The van der Waals surface area contributed by atoms with Crippen LogP contribution < -0.4 is 10.6 Å². The summed E-state index contributed by atoms with van der Waals surface area (Å²) in [4.78, 5) is 9.59. The maximum Gasteiger partial charge on any atom is 0.0825 e. The van der Waals surface area contributed by atoms with Crippen LogP contribution in [0.1, 0.15) is 18.5 Å². The molecule has 30 heavy (non-hydrogen) atoms. The second-order valence-electron chi connectivity index (χ2n) is 7.58. The van der Waals surface area contributed by atoms with Gasteiger partial charge in [-0.25, -0.2) is 0 Å². The fraction of sp³-hybridized carbons (Fsp3) is 0.348. The normalized spacial score (nSPS) is 14.7. The predicted octanol–water partition coefficient (Wildman–Crippen LogP) is 5.69. The second kappa shape index (κ2) is 10.5. The molecule has 0 saturated carbocycles. The molecule has 1 aliphatic rings. The van der Waals surface area contributed by atoms with E-state index >= 15 is 0 Å². The van der Waals surface area contributed by atoms with Gasteiger partial charge in [-0.15, -0.1) is 12.4 Å². The van der Waals surface area contributed by atoms with Gasteiger partial charge >= 0.3 is 0 Å². The Bertz CT molecular complexity index is 987. The van der Waals surface area contributed by atoms with Gasteiger partial charge in [0.15, 0.2) is 0 Å². The molecule has 1 saturated heterocycles. The van der Waals surface area contributed by atoms with Crippen LogP contribution in [0.15, 0.2) is 48.5 Å². The topological polar surface area (TPSA) is 45.4 Å². The average Bonchev–Trinajstić information content (AvgIpc) is 2.74. The molecule has 2 aromatic carbocycles. The largest absolute Gasteiger partial charge is 0.397 e. The lowest BCUT2D eigenvalue weighted by Crippen LogP contribution is -2.46. The molecule has 0 aliphatic carbocycles. The molecule has 3 aromatic rings. The van der Waals surface area contributed by atoms with Crippen LogP contribution in [-0.2, 0) is 6.42 Å². The van der Waals surface area contributed by atoms with Gasteiger partial charge in [-0.1, -0.05) is 47.5 Å². The summed E-state index contributed by atoms with van der Waals surface area (Å²) in [5, 5.41) is 2.38. The summed E-state index contributed by atoms with van der Waals surface area (Å²) in [6, 6.07) is 16.0. The van der Waals surface area contributed by atoms with Gasteiger partial charge in [-0.05, 0) is 50.1 Å². The zero-order valence-electron chi connectivity index (χ0n) is 16.9. The number of hydrogen-bond acceptors (Lipinski definition) is 4. The number of aromatic nitrogens is 1. The molecule has 1 aromatic heterocycles. The van der Waals surface area contributed by atoms with Crippen LogP contribution in [0.5, 0.6) is 0 Å². The molecule has 1 aliphatic heterocycles. The number of benzene rings is 2. The van der Waals surface area contributed by atoms with Gasteiger partial charge in [-0.2, -0.15) is 0 Å². The van der Waals surface area contributed by atoms with Crippen molar-refractivity contribution in [2.75, 3.05) is 43.4 Å². The molecular formula is C23H27Cl3N4. The zero-order chi connectivity index (χ0) is 20.2. The second-order valence-corrected chi connectivity index (χ2v) is 8.36. The first-order chi connectivity index (χ1) is 14.1. The SMILES string of the molecule is Cl.Nc1cc2ccccc2nc1CCCCN1CCN(c2cccc(Cl)c2Cl)CC1. The number of fused-ring (bicyclic) bond motifs is 1. The van der Waals surface area contributed by atoms with Gasteiger partial charge in [-0.3, -0.25) is 9.88 Å². The molecule has 0 spiro atoms. The number of pyridine rings is 1. The van der Waals surface area contributed by atoms with E-state index in [2.05, 4.69) is 15.9 Å². The van der Waals surface area contributed by atoms with E-state index in [-0.39, 0.29) is 12.4 Å². The van der Waals surface area contributed by atoms with Crippen molar-refractivity contribution < 1.29 is 0 Å². The quantitative estimate of drug-likeness (QED) is 0.475. The Balaban J connectivity index is 0.00000256. The molecule has 0 bridgehead atoms.